The molecular weight excluding hydrogens is 446 g/mol. The van der Waals surface area contributed by atoms with E-state index in [0.29, 0.717) is 12.5 Å². The molecule has 3 atom stereocenters. The van der Waals surface area contributed by atoms with E-state index in [0.717, 1.165) is 37.9 Å². The summed E-state index contributed by atoms with van der Waals surface area (Å²) in [4.78, 5) is 20.1. The first-order valence-corrected chi connectivity index (χ1v) is 13.0. The van der Waals surface area contributed by atoms with Gasteiger partial charge in [-0.1, -0.05) is 85.8 Å². The highest BCUT2D eigenvalue weighted by Crippen LogP contribution is 2.38. The van der Waals surface area contributed by atoms with Gasteiger partial charge in [0.15, 0.2) is 0 Å². The van der Waals surface area contributed by atoms with E-state index in [1.165, 1.54) is 22.1 Å². The van der Waals surface area contributed by atoms with Crippen LogP contribution in [-0.4, -0.2) is 44.6 Å². The Labute approximate surface area is 213 Å². The third-order valence-corrected chi connectivity index (χ3v) is 7.74. The summed E-state index contributed by atoms with van der Waals surface area (Å²) in [6, 6.07) is 29.5. The summed E-state index contributed by atoms with van der Waals surface area (Å²) >= 11 is 0. The fourth-order valence-corrected chi connectivity index (χ4v) is 6.01. The van der Waals surface area contributed by atoms with Crippen molar-refractivity contribution in [3.05, 3.63) is 108 Å². The summed E-state index contributed by atoms with van der Waals surface area (Å²) in [7, 11) is 0. The van der Waals surface area contributed by atoms with Gasteiger partial charge in [0.05, 0.1) is 6.04 Å². The van der Waals surface area contributed by atoms with Crippen molar-refractivity contribution in [3.8, 4) is 0 Å². The first kappa shape index (κ1) is 24.1. The molecule has 1 amide bonds. The van der Waals surface area contributed by atoms with Crippen molar-refractivity contribution in [3.63, 3.8) is 0 Å². The van der Waals surface area contributed by atoms with Gasteiger partial charge in [-0.25, -0.2) is 4.79 Å². The van der Waals surface area contributed by atoms with Crippen LogP contribution in [0.15, 0.2) is 91.1 Å². The van der Waals surface area contributed by atoms with E-state index in [2.05, 4.69) is 95.8 Å². The summed E-state index contributed by atoms with van der Waals surface area (Å²) in [5.74, 6) is 0.325. The first-order valence-electron chi connectivity index (χ1n) is 13.0. The van der Waals surface area contributed by atoms with E-state index in [1.807, 2.05) is 12.1 Å². The normalized spacial score (nSPS) is 19.0. The number of likely N-dealkylation sites (tertiary alicyclic amines) is 1. The lowest BCUT2D eigenvalue weighted by Crippen LogP contribution is -2.55. The maximum Gasteiger partial charge on any atom is 0.407 e. The number of fused-ring (bicyclic) bond motifs is 1. The molecule has 36 heavy (non-hydrogen) atoms. The van der Waals surface area contributed by atoms with Crippen LogP contribution in [0.2, 0.25) is 0 Å². The SMILES string of the molecule is CCC(C1CC(c2c[nH]c3ccccc23)CCN1C(=O)O)N(Cc1ccccc1)Cc1ccccc1. The van der Waals surface area contributed by atoms with Gasteiger partial charge in [-0.2, -0.15) is 0 Å². The second-order valence-corrected chi connectivity index (χ2v) is 9.91. The average Bonchev–Trinajstić information content (AvgIpc) is 3.34. The molecule has 0 aliphatic carbocycles. The van der Waals surface area contributed by atoms with Gasteiger partial charge in [-0.15, -0.1) is 0 Å². The van der Waals surface area contributed by atoms with Crippen LogP contribution in [0, 0.1) is 0 Å². The predicted octanol–water partition coefficient (Wildman–Crippen LogP) is 6.87. The van der Waals surface area contributed by atoms with Crippen molar-refractivity contribution in [1.29, 1.82) is 0 Å². The monoisotopic (exact) mass is 481 g/mol. The zero-order valence-corrected chi connectivity index (χ0v) is 20.9. The smallest absolute Gasteiger partial charge is 0.407 e. The molecule has 0 saturated carbocycles. The number of hydrogen-bond acceptors (Lipinski definition) is 2. The van der Waals surface area contributed by atoms with Gasteiger partial charge in [-0.3, -0.25) is 4.90 Å². The van der Waals surface area contributed by atoms with Crippen LogP contribution < -0.4 is 0 Å². The largest absolute Gasteiger partial charge is 0.465 e. The van der Waals surface area contributed by atoms with E-state index in [9.17, 15) is 9.90 Å². The molecule has 186 valence electrons. The summed E-state index contributed by atoms with van der Waals surface area (Å²) in [6.07, 6.45) is 3.88. The lowest BCUT2D eigenvalue weighted by Gasteiger charge is -2.45. The molecule has 1 aromatic heterocycles. The molecule has 2 N–H and O–H groups in total. The molecule has 1 aliphatic heterocycles. The van der Waals surface area contributed by atoms with E-state index in [-0.39, 0.29) is 12.1 Å². The Kier molecular flexibility index (Phi) is 7.38. The molecule has 0 bridgehead atoms. The lowest BCUT2D eigenvalue weighted by atomic mass is 9.81. The number of amides is 1. The third kappa shape index (κ3) is 5.17. The van der Waals surface area contributed by atoms with Crippen molar-refractivity contribution in [1.82, 2.24) is 14.8 Å². The zero-order chi connectivity index (χ0) is 24.9. The number of carbonyl (C=O) groups is 1. The van der Waals surface area contributed by atoms with Gasteiger partial charge >= 0.3 is 6.09 Å². The van der Waals surface area contributed by atoms with Crippen molar-refractivity contribution in [2.75, 3.05) is 6.54 Å². The minimum Gasteiger partial charge on any atom is -0.465 e. The highest BCUT2D eigenvalue weighted by molar-refractivity contribution is 5.83. The number of benzene rings is 3. The fourth-order valence-electron chi connectivity index (χ4n) is 6.01. The molecule has 5 nitrogen and oxygen atoms in total. The number of nitrogens with zero attached hydrogens (tertiary/aromatic N) is 2. The predicted molar refractivity (Wildman–Crippen MR) is 145 cm³/mol. The number of aromatic amines is 1. The summed E-state index contributed by atoms with van der Waals surface area (Å²) in [5.41, 5.74) is 4.95. The van der Waals surface area contributed by atoms with Crippen molar-refractivity contribution < 1.29 is 9.90 Å². The minimum atomic E-state index is -0.810. The number of hydrogen-bond donors (Lipinski definition) is 2. The number of para-hydroxylation sites is 1. The Morgan fingerprint density at radius 2 is 1.58 bits per heavy atom. The Morgan fingerprint density at radius 3 is 2.19 bits per heavy atom. The summed E-state index contributed by atoms with van der Waals surface area (Å²) in [6.45, 7) is 4.33. The number of aromatic nitrogens is 1. The molecule has 3 unspecified atom stereocenters. The maximum atomic E-state index is 12.4. The van der Waals surface area contributed by atoms with Gasteiger partial charge in [0, 0.05) is 42.8 Å². The summed E-state index contributed by atoms with van der Waals surface area (Å²) < 4.78 is 0. The van der Waals surface area contributed by atoms with Gasteiger partial charge in [0.1, 0.15) is 0 Å². The van der Waals surface area contributed by atoms with Crippen LogP contribution in [0.25, 0.3) is 10.9 Å². The molecule has 5 heteroatoms. The number of rotatable bonds is 8. The van der Waals surface area contributed by atoms with Crippen LogP contribution in [0.5, 0.6) is 0 Å². The van der Waals surface area contributed by atoms with E-state index >= 15 is 0 Å². The van der Waals surface area contributed by atoms with E-state index in [1.54, 1.807) is 4.90 Å². The van der Waals surface area contributed by atoms with Crippen LogP contribution in [-0.2, 0) is 13.1 Å². The second-order valence-electron chi connectivity index (χ2n) is 9.91. The topological polar surface area (TPSA) is 59.6 Å². The Bertz CT molecular complexity index is 1230. The molecule has 4 aromatic rings. The molecule has 2 heterocycles. The Morgan fingerprint density at radius 1 is 0.972 bits per heavy atom. The second kappa shape index (κ2) is 11.0. The fraction of sp³-hybridized carbons (Fsp3) is 0.323. The van der Waals surface area contributed by atoms with E-state index < -0.39 is 6.09 Å². The van der Waals surface area contributed by atoms with Gasteiger partial charge in [-0.05, 0) is 47.9 Å². The van der Waals surface area contributed by atoms with Gasteiger partial charge in [0.25, 0.3) is 0 Å². The molecule has 0 spiro atoms. The molecule has 3 aromatic carbocycles. The summed E-state index contributed by atoms with van der Waals surface area (Å²) in [5, 5.41) is 11.5. The van der Waals surface area contributed by atoms with Crippen LogP contribution >= 0.6 is 0 Å². The zero-order valence-electron chi connectivity index (χ0n) is 20.9. The van der Waals surface area contributed by atoms with Gasteiger partial charge in [0.2, 0.25) is 0 Å². The molecule has 1 fully saturated rings. The molecular formula is C31H35N3O2. The highest BCUT2D eigenvalue weighted by Gasteiger charge is 2.39. The Balaban J connectivity index is 1.47. The van der Waals surface area contributed by atoms with Crippen LogP contribution in [0.1, 0.15) is 48.8 Å². The standard InChI is InChI=1S/C31H35N3O2/c1-2-29(33(21-23-11-5-3-6-12-23)22-24-13-7-4-8-14-24)30-19-25(17-18-34(30)31(35)36)27-20-32-28-16-10-9-15-26(27)28/h3-16,20,25,29-30,32H,2,17-19,21-22H2,1H3,(H,35,36). The maximum absolute atomic E-state index is 12.4. The number of piperidine rings is 1. The lowest BCUT2D eigenvalue weighted by molar-refractivity contribution is 0.0368. The quantitative estimate of drug-likeness (QED) is 0.289. The third-order valence-electron chi connectivity index (χ3n) is 7.74. The number of H-pyrrole nitrogens is 1. The van der Waals surface area contributed by atoms with Gasteiger partial charge < -0.3 is 15.0 Å². The average molecular weight is 482 g/mol. The number of nitrogens with one attached hydrogen (secondary N) is 1. The van der Waals surface area contributed by atoms with E-state index in [4.69, 9.17) is 0 Å². The van der Waals surface area contributed by atoms with Crippen LogP contribution in [0.4, 0.5) is 4.79 Å². The molecule has 1 aliphatic rings. The van der Waals surface area contributed by atoms with Crippen molar-refractivity contribution in [2.45, 2.75) is 57.3 Å². The molecule has 1 saturated heterocycles. The first-order chi connectivity index (χ1) is 17.6. The highest BCUT2D eigenvalue weighted by atomic mass is 16.4. The molecule has 5 rings (SSSR count). The van der Waals surface area contributed by atoms with Crippen molar-refractivity contribution >= 4 is 17.0 Å². The van der Waals surface area contributed by atoms with Crippen molar-refractivity contribution in [2.24, 2.45) is 0 Å². The minimum absolute atomic E-state index is 0.0765. The Hall–Kier alpha value is -3.57. The number of carboxylic acid groups (broad SMARTS) is 1. The molecule has 0 radical (unpaired) electrons. The van der Waals surface area contributed by atoms with Crippen LogP contribution in [0.3, 0.4) is 0 Å².